The van der Waals surface area contributed by atoms with E-state index in [1.165, 1.54) is 34.6 Å². The molecule has 4 saturated heterocycles. The molecular formula is C70H96ClI2N8O9V-. The average molecular weight is 1530 g/mol. The molecule has 0 saturated carbocycles. The molecule has 5 heterocycles. The fourth-order valence-corrected chi connectivity index (χ4v) is 12.1. The van der Waals surface area contributed by atoms with Crippen molar-refractivity contribution in [1.82, 2.24) is 14.8 Å². The molecule has 5 aromatic rings. The van der Waals surface area contributed by atoms with Crippen LogP contribution in [0.3, 0.4) is 0 Å². The molecule has 0 atom stereocenters. The van der Waals surface area contributed by atoms with Gasteiger partial charge in [0.25, 0.3) is 5.69 Å². The van der Waals surface area contributed by atoms with Crippen molar-refractivity contribution in [3.63, 3.8) is 0 Å². The van der Waals surface area contributed by atoms with E-state index in [0.29, 0.717) is 32.8 Å². The fraction of sp³-hybridized carbons (Fsp3) is 0.543. The molecule has 4 aliphatic heterocycles. The number of benzene rings is 4. The van der Waals surface area contributed by atoms with Gasteiger partial charge in [-0.3, -0.25) is 29.5 Å². The number of hydrogen-bond donors (Lipinski definition) is 1. The number of nitrogens with zero attached hydrogens (tertiary/aromatic N) is 7. The molecule has 4 aromatic carbocycles. The molecule has 0 unspecified atom stereocenters. The number of aromatic amines is 1. The number of hydrogen-bond acceptors (Lipinski definition) is 13. The summed E-state index contributed by atoms with van der Waals surface area (Å²) >= 11 is 10.2. The normalized spacial score (nSPS) is 16.1. The van der Waals surface area contributed by atoms with Gasteiger partial charge in [-0.25, -0.2) is 14.5 Å². The van der Waals surface area contributed by atoms with E-state index >= 15 is 0 Å². The Balaban J connectivity index is 0.000000315. The predicted molar refractivity (Wildman–Crippen MR) is 383 cm³/mol. The Morgan fingerprint density at radius 1 is 0.681 bits per heavy atom. The molecule has 4 fully saturated rings. The number of fused-ring (bicyclic) bond motifs is 1. The van der Waals surface area contributed by atoms with Crippen molar-refractivity contribution in [2.45, 2.75) is 170 Å². The summed E-state index contributed by atoms with van der Waals surface area (Å²) in [4.78, 5) is 69.1. The van der Waals surface area contributed by atoms with Crippen LogP contribution in [0, 0.1) is 30.7 Å². The third-order valence-electron chi connectivity index (χ3n) is 16.9. The van der Waals surface area contributed by atoms with Gasteiger partial charge in [-0.1, -0.05) is 89.2 Å². The number of ether oxygens (including phenoxy) is 4. The maximum absolute atomic E-state index is 13.6. The molecule has 0 amide bonds. The number of nitro groups is 1. The molecular weight excluding hydrogens is 1440 g/mol. The Bertz CT molecular complexity index is 3320. The first kappa shape index (κ1) is 78.6. The molecule has 0 radical (unpaired) electrons. The molecule has 497 valence electrons. The van der Waals surface area contributed by atoms with E-state index in [9.17, 15) is 24.5 Å². The van der Waals surface area contributed by atoms with E-state index in [-0.39, 0.29) is 49.4 Å². The Hall–Kier alpha value is -4.82. The van der Waals surface area contributed by atoms with Gasteiger partial charge in [-0.05, 0) is 140 Å². The van der Waals surface area contributed by atoms with Crippen LogP contribution in [-0.4, -0.2) is 140 Å². The van der Waals surface area contributed by atoms with Crippen molar-refractivity contribution < 1.29 is 47.7 Å². The number of morpholine rings is 2. The number of halogens is 3. The van der Waals surface area contributed by atoms with Crippen LogP contribution >= 0.6 is 51.6 Å². The van der Waals surface area contributed by atoms with Gasteiger partial charge in [0.05, 0.1) is 50.1 Å². The number of carbonyl (C=O) groups excluding carboxylic acids is 3. The number of nitro benzene ring substituents is 1. The zero-order valence-electron chi connectivity index (χ0n) is 54.9. The molecule has 0 spiro atoms. The number of rotatable bonds is 14. The van der Waals surface area contributed by atoms with Crippen LogP contribution in [0.5, 0.6) is 0 Å². The van der Waals surface area contributed by atoms with Gasteiger partial charge < -0.3 is 41.2 Å². The van der Waals surface area contributed by atoms with Crippen LogP contribution in [0.1, 0.15) is 161 Å². The summed E-state index contributed by atoms with van der Waals surface area (Å²) in [5, 5.41) is 11.1. The van der Waals surface area contributed by atoms with Gasteiger partial charge in [0.1, 0.15) is 22.6 Å². The van der Waals surface area contributed by atoms with Gasteiger partial charge in [-0.2, -0.15) is 0 Å². The second-order valence-corrected chi connectivity index (χ2v) is 38.0. The third-order valence-corrected chi connectivity index (χ3v) is 17.2. The Morgan fingerprint density at radius 2 is 1.12 bits per heavy atom. The summed E-state index contributed by atoms with van der Waals surface area (Å²) in [5.41, 5.74) is 7.43. The standard InChI is InChI=1S/C34H44N4O3.C27H42N2O4.C7H3ClN2O2.CH4.CH3.2HI.V/c1-8-23-9-10-24(21-29(23)38-15-13-26(14-16-38)37-17-19-40-20-18-37)34(5,6)31-30(32(39)41-33(2,3)4)27-12-11-25(35-7)22-28(27)36-31;1-7-20-8-9-21(27(5,6)24(30)19-25(31)33-26(2,3)4)18-23(20)29-12-10-22(11-13-29)28-14-16-32-17-15-28;1-9-5-2-3-6(8)7(4-5)10(11)12;;;;;/h9-12,21-22,26,36H,8,13-20H2,1-6H3;8-9,18,22H,7,10-17,19H2,1-6H3;2-4H;1H4;1H3;2*1H;/q;;;;-1;;;+2/p-2. The van der Waals surface area contributed by atoms with Crippen molar-refractivity contribution in [1.29, 1.82) is 0 Å². The number of aryl methyl sites for hydroxylation is 2. The van der Waals surface area contributed by atoms with E-state index in [4.69, 9.17) is 43.7 Å². The minimum atomic E-state index is -0.760. The van der Waals surface area contributed by atoms with Crippen LogP contribution in [-0.2, 0) is 61.7 Å². The van der Waals surface area contributed by atoms with Crippen molar-refractivity contribution in [2.75, 3.05) is 88.6 Å². The summed E-state index contributed by atoms with van der Waals surface area (Å²) in [6, 6.07) is 23.8. The Morgan fingerprint density at radius 3 is 1.56 bits per heavy atom. The molecule has 9 rings (SSSR count). The maximum atomic E-state index is 13.6. The number of Topliss-reactive ketones (excluding diaryl/α,β-unsaturated/α-hetero) is 1. The van der Waals surface area contributed by atoms with Crippen molar-refractivity contribution in [3.8, 4) is 0 Å². The van der Waals surface area contributed by atoms with E-state index in [1.54, 1.807) is 6.07 Å². The van der Waals surface area contributed by atoms with Gasteiger partial charge in [-0.15, -0.1) is 0 Å². The summed E-state index contributed by atoms with van der Waals surface area (Å²) < 4.78 is 22.4. The minimum absolute atomic E-state index is 0. The predicted octanol–water partition coefficient (Wildman–Crippen LogP) is 16.6. The molecule has 91 heavy (non-hydrogen) atoms. The number of piperidine rings is 2. The number of nitrogens with one attached hydrogen (secondary N) is 1. The summed E-state index contributed by atoms with van der Waals surface area (Å²) in [7, 11) is 0.628. The van der Waals surface area contributed by atoms with Crippen molar-refractivity contribution in [3.05, 3.63) is 152 Å². The number of aromatic nitrogens is 1. The SMILES string of the molecule is C.CCc1ccc(C(C)(C)C(=O)CC(=O)OC(C)(C)C)cc1N1CCC(N2CCOCC2)CC1.[C-]#[N+]c1ccc(Cl)c([N+](=O)[O-])c1.[C-]#[N+]c1ccc2c(C(=O)OC(C)(C)C)c(C(C)(C)c3ccc(CC)c(N4CCC(N5CCOCC5)CC4)c3)[nH]c2c1.[CH3-].[I][V][I]. The number of ketones is 1. The second-order valence-electron chi connectivity index (χ2n) is 25.9. The summed E-state index contributed by atoms with van der Waals surface area (Å²) in [6.45, 7) is 49.4. The van der Waals surface area contributed by atoms with Crippen LogP contribution in [0.25, 0.3) is 20.6 Å². The van der Waals surface area contributed by atoms with E-state index in [2.05, 4.69) is 138 Å². The fourth-order valence-electron chi connectivity index (χ4n) is 11.9. The Labute approximate surface area is 576 Å². The van der Waals surface area contributed by atoms with Crippen LogP contribution in [0.2, 0.25) is 5.02 Å². The molecule has 1 N–H and O–H groups in total. The van der Waals surface area contributed by atoms with Crippen LogP contribution < -0.4 is 9.80 Å². The van der Waals surface area contributed by atoms with E-state index < -0.39 is 32.9 Å². The van der Waals surface area contributed by atoms with Gasteiger partial charge in [0.15, 0.2) is 17.2 Å². The molecule has 21 heteroatoms. The van der Waals surface area contributed by atoms with Gasteiger partial charge in [0.2, 0.25) is 0 Å². The van der Waals surface area contributed by atoms with Crippen molar-refractivity contribution >= 4 is 109 Å². The first-order valence-corrected chi connectivity index (χ1v) is 40.1. The topological polar surface area (TPSA) is 169 Å². The van der Waals surface area contributed by atoms with Crippen LogP contribution in [0.15, 0.2) is 72.8 Å². The second kappa shape index (κ2) is 35.6. The monoisotopic (exact) mass is 1530 g/mol. The zero-order valence-corrected chi connectivity index (χ0v) is 61.4. The molecule has 4 aliphatic rings. The number of esters is 2. The summed E-state index contributed by atoms with van der Waals surface area (Å²) in [6.07, 6.45) is 6.32. The first-order chi connectivity index (χ1) is 42.1. The first-order valence-electron chi connectivity index (χ1n) is 30.8. The Kier molecular flexibility index (Phi) is 30.8. The number of anilines is 2. The zero-order chi connectivity index (χ0) is 65.4. The average Bonchev–Trinajstić information content (AvgIpc) is 1.69. The van der Waals surface area contributed by atoms with E-state index in [1.807, 2.05) is 67.5 Å². The van der Waals surface area contributed by atoms with Gasteiger partial charge in [0, 0.05) is 109 Å². The molecule has 1 aromatic heterocycles. The van der Waals surface area contributed by atoms with E-state index in [0.717, 1.165) is 151 Å². The molecule has 0 bridgehead atoms. The number of carbonyl (C=O) groups is 3. The van der Waals surface area contributed by atoms with Crippen molar-refractivity contribution in [2.24, 2.45) is 0 Å². The molecule has 0 aliphatic carbocycles. The van der Waals surface area contributed by atoms with Gasteiger partial charge >= 0.3 is 61.4 Å². The number of H-pyrrole nitrogens is 1. The third kappa shape index (κ3) is 21.6. The summed E-state index contributed by atoms with van der Waals surface area (Å²) in [5.74, 6) is -0.924. The molecule has 17 nitrogen and oxygen atoms in total. The van der Waals surface area contributed by atoms with Crippen LogP contribution in [0.4, 0.5) is 28.4 Å². The quantitative estimate of drug-likeness (QED) is 0.0279.